The van der Waals surface area contributed by atoms with Gasteiger partial charge in [-0.2, -0.15) is 0 Å². The van der Waals surface area contributed by atoms with Gasteiger partial charge in [-0.05, 0) is 49.4 Å². The summed E-state index contributed by atoms with van der Waals surface area (Å²) in [7, 11) is 0. The van der Waals surface area contributed by atoms with Crippen molar-refractivity contribution in [1.82, 2.24) is 10.6 Å². The number of benzene rings is 2. The summed E-state index contributed by atoms with van der Waals surface area (Å²) in [6, 6.07) is 17.7. The van der Waals surface area contributed by atoms with Gasteiger partial charge >= 0.3 is 6.03 Å². The molecule has 2 aliphatic carbocycles. The van der Waals surface area contributed by atoms with Crippen molar-refractivity contribution < 1.29 is 9.59 Å². The van der Waals surface area contributed by atoms with E-state index >= 15 is 0 Å². The van der Waals surface area contributed by atoms with Crippen molar-refractivity contribution >= 4 is 17.6 Å². The van der Waals surface area contributed by atoms with E-state index in [1.165, 1.54) is 18.4 Å². The molecule has 2 saturated carbocycles. The molecule has 0 radical (unpaired) electrons. The van der Waals surface area contributed by atoms with E-state index in [4.69, 9.17) is 0 Å². The zero-order valence-corrected chi connectivity index (χ0v) is 16.0. The quantitative estimate of drug-likeness (QED) is 0.706. The summed E-state index contributed by atoms with van der Waals surface area (Å²) in [6.07, 6.45) is 6.67. The number of amides is 3. The molecule has 2 aromatic carbocycles. The van der Waals surface area contributed by atoms with E-state index in [0.717, 1.165) is 25.7 Å². The van der Waals surface area contributed by atoms with Gasteiger partial charge in [0, 0.05) is 29.3 Å². The number of hydrogen-bond donors (Lipinski definition) is 3. The van der Waals surface area contributed by atoms with Crippen LogP contribution in [0.2, 0.25) is 0 Å². The molecule has 146 valence electrons. The van der Waals surface area contributed by atoms with E-state index in [1.807, 2.05) is 6.07 Å². The third-order valence-corrected chi connectivity index (χ3v) is 5.83. The average molecular weight is 377 g/mol. The molecule has 28 heavy (non-hydrogen) atoms. The molecule has 0 aromatic heterocycles. The topological polar surface area (TPSA) is 70.2 Å². The highest BCUT2D eigenvalue weighted by Crippen LogP contribution is 2.40. The Morgan fingerprint density at radius 1 is 0.964 bits per heavy atom. The number of urea groups is 1. The van der Waals surface area contributed by atoms with Crippen LogP contribution in [-0.2, 0) is 5.41 Å². The molecule has 0 saturated heterocycles. The molecule has 0 bridgehead atoms. The average Bonchev–Trinajstić information content (AvgIpc) is 3.39. The van der Waals surface area contributed by atoms with Gasteiger partial charge in [0.15, 0.2) is 0 Å². The van der Waals surface area contributed by atoms with Crippen LogP contribution in [0.4, 0.5) is 10.5 Å². The second kappa shape index (κ2) is 8.05. The van der Waals surface area contributed by atoms with Crippen LogP contribution in [-0.4, -0.2) is 24.5 Å². The Balaban J connectivity index is 1.40. The van der Waals surface area contributed by atoms with Crippen molar-refractivity contribution in [1.29, 1.82) is 0 Å². The van der Waals surface area contributed by atoms with Crippen molar-refractivity contribution in [3.05, 3.63) is 65.7 Å². The van der Waals surface area contributed by atoms with E-state index in [1.54, 1.807) is 24.3 Å². The van der Waals surface area contributed by atoms with Gasteiger partial charge in [0.05, 0.1) is 0 Å². The molecule has 0 aliphatic heterocycles. The van der Waals surface area contributed by atoms with E-state index in [0.29, 0.717) is 23.8 Å². The summed E-state index contributed by atoms with van der Waals surface area (Å²) >= 11 is 0. The lowest BCUT2D eigenvalue weighted by molar-refractivity contribution is 0.0943. The first-order chi connectivity index (χ1) is 13.6. The monoisotopic (exact) mass is 377 g/mol. The molecule has 0 heterocycles. The molecule has 4 rings (SSSR count). The van der Waals surface area contributed by atoms with Gasteiger partial charge in [-0.3, -0.25) is 4.79 Å². The van der Waals surface area contributed by atoms with Crippen LogP contribution in [0.5, 0.6) is 0 Å². The maximum absolute atomic E-state index is 12.8. The Morgan fingerprint density at radius 3 is 2.43 bits per heavy atom. The lowest BCUT2D eigenvalue weighted by Crippen LogP contribution is -2.39. The van der Waals surface area contributed by atoms with Gasteiger partial charge in [0.1, 0.15) is 0 Å². The Morgan fingerprint density at radius 2 is 1.71 bits per heavy atom. The molecule has 2 aromatic rings. The summed E-state index contributed by atoms with van der Waals surface area (Å²) in [6.45, 7) is 0.635. The van der Waals surface area contributed by atoms with Gasteiger partial charge in [-0.1, -0.05) is 49.2 Å². The molecule has 2 aliphatic rings. The van der Waals surface area contributed by atoms with Crippen LogP contribution in [0.3, 0.4) is 0 Å². The van der Waals surface area contributed by atoms with Gasteiger partial charge in [0.2, 0.25) is 0 Å². The fourth-order valence-electron chi connectivity index (χ4n) is 4.08. The molecule has 3 amide bonds. The molecule has 5 nitrogen and oxygen atoms in total. The van der Waals surface area contributed by atoms with Crippen molar-refractivity contribution in [3.8, 4) is 0 Å². The second-order valence-corrected chi connectivity index (χ2v) is 7.99. The molecular weight excluding hydrogens is 350 g/mol. The molecule has 0 unspecified atom stereocenters. The third-order valence-electron chi connectivity index (χ3n) is 5.83. The molecule has 0 spiro atoms. The van der Waals surface area contributed by atoms with Crippen molar-refractivity contribution in [2.45, 2.75) is 50.0 Å². The van der Waals surface area contributed by atoms with Gasteiger partial charge in [-0.15, -0.1) is 0 Å². The molecule has 2 fully saturated rings. The minimum absolute atomic E-state index is 0.0247. The summed E-state index contributed by atoms with van der Waals surface area (Å²) in [5, 5.41) is 8.83. The van der Waals surface area contributed by atoms with E-state index < -0.39 is 0 Å². The zero-order chi connectivity index (χ0) is 19.4. The maximum Gasteiger partial charge on any atom is 0.319 e. The summed E-state index contributed by atoms with van der Waals surface area (Å²) in [5.41, 5.74) is 2.52. The van der Waals surface area contributed by atoms with Crippen LogP contribution >= 0.6 is 0 Å². The Hall–Kier alpha value is -2.82. The third kappa shape index (κ3) is 4.35. The minimum atomic E-state index is -0.214. The largest absolute Gasteiger partial charge is 0.351 e. The van der Waals surface area contributed by atoms with E-state index in [9.17, 15) is 9.59 Å². The van der Waals surface area contributed by atoms with Crippen molar-refractivity contribution in [2.24, 2.45) is 0 Å². The Kier molecular flexibility index (Phi) is 5.33. The van der Waals surface area contributed by atoms with Gasteiger partial charge in [-0.25, -0.2) is 4.79 Å². The zero-order valence-electron chi connectivity index (χ0n) is 16.0. The number of rotatable bonds is 6. The lowest BCUT2D eigenvalue weighted by Gasteiger charge is -2.30. The fourth-order valence-corrected chi connectivity index (χ4v) is 4.08. The first kappa shape index (κ1) is 18.5. The number of anilines is 1. The van der Waals surface area contributed by atoms with E-state index in [-0.39, 0.29) is 17.4 Å². The normalized spacial score (nSPS) is 17.7. The summed E-state index contributed by atoms with van der Waals surface area (Å²) in [4.78, 5) is 24.7. The number of nitrogens with one attached hydrogen (secondary N) is 3. The van der Waals surface area contributed by atoms with Gasteiger partial charge < -0.3 is 16.0 Å². The highest BCUT2D eigenvalue weighted by atomic mass is 16.2. The first-order valence-electron chi connectivity index (χ1n) is 10.2. The van der Waals surface area contributed by atoms with Crippen molar-refractivity contribution in [3.63, 3.8) is 0 Å². The first-order valence-corrected chi connectivity index (χ1v) is 10.2. The number of carbonyl (C=O) groups is 2. The number of hydrogen-bond acceptors (Lipinski definition) is 2. The van der Waals surface area contributed by atoms with Crippen LogP contribution < -0.4 is 16.0 Å². The minimum Gasteiger partial charge on any atom is -0.351 e. The molecule has 5 heteroatoms. The Labute approximate surface area is 165 Å². The summed E-state index contributed by atoms with van der Waals surface area (Å²) < 4.78 is 0. The summed E-state index contributed by atoms with van der Waals surface area (Å²) in [5.74, 6) is -0.103. The van der Waals surface area contributed by atoms with Crippen LogP contribution in [0.1, 0.15) is 54.4 Å². The van der Waals surface area contributed by atoms with Crippen molar-refractivity contribution in [2.75, 3.05) is 11.9 Å². The second-order valence-electron chi connectivity index (χ2n) is 7.99. The maximum atomic E-state index is 12.8. The van der Waals surface area contributed by atoms with Crippen LogP contribution in [0, 0.1) is 0 Å². The molecule has 3 N–H and O–H groups in total. The smallest absolute Gasteiger partial charge is 0.319 e. The standard InChI is InChI=1S/C23H27N3O2/c27-21(17-7-6-10-20(15-17)26-22(28)25-19-11-12-19)24-16-23(13-4-5-14-23)18-8-2-1-3-9-18/h1-3,6-10,15,19H,4-5,11-14,16H2,(H,24,27)(H2,25,26,28). The predicted molar refractivity (Wildman–Crippen MR) is 111 cm³/mol. The molecular formula is C23H27N3O2. The lowest BCUT2D eigenvalue weighted by atomic mass is 9.79. The van der Waals surface area contributed by atoms with E-state index in [2.05, 4.69) is 40.2 Å². The Bertz CT molecular complexity index is 840. The fraction of sp³-hybridized carbons (Fsp3) is 0.391. The molecule has 0 atom stereocenters. The predicted octanol–water partition coefficient (Wildman–Crippen LogP) is 4.21. The SMILES string of the molecule is O=C(Nc1cccc(C(=O)NCC2(c3ccccc3)CCCC2)c1)NC1CC1. The van der Waals surface area contributed by atoms with Gasteiger partial charge in [0.25, 0.3) is 5.91 Å². The van der Waals surface area contributed by atoms with Crippen LogP contribution in [0.25, 0.3) is 0 Å². The highest BCUT2D eigenvalue weighted by Gasteiger charge is 2.35. The number of carbonyl (C=O) groups excluding carboxylic acids is 2. The van der Waals surface area contributed by atoms with Crippen LogP contribution in [0.15, 0.2) is 54.6 Å². The highest BCUT2D eigenvalue weighted by molar-refractivity contribution is 5.97.